The third-order valence-corrected chi connectivity index (χ3v) is 6.32. The van der Waals surface area contributed by atoms with Crippen molar-refractivity contribution < 1.29 is 8.42 Å². The normalized spacial score (nSPS) is 11.2. The van der Waals surface area contributed by atoms with Crippen LogP contribution in [0.5, 0.6) is 0 Å². The molecule has 0 aliphatic carbocycles. The first-order chi connectivity index (χ1) is 15.2. The molecular formula is C24H27N5O2S. The zero-order valence-corrected chi connectivity index (χ0v) is 18.8. The Morgan fingerprint density at radius 2 is 1.47 bits per heavy atom. The van der Waals surface area contributed by atoms with Gasteiger partial charge in [-0.1, -0.05) is 54.6 Å². The molecule has 0 amide bonds. The van der Waals surface area contributed by atoms with Crippen LogP contribution in [0, 0.1) is 0 Å². The number of pyridine rings is 1. The van der Waals surface area contributed by atoms with Crippen molar-refractivity contribution in [3.05, 3.63) is 79.0 Å². The Balaban J connectivity index is 0.000000193. The predicted octanol–water partition coefficient (Wildman–Crippen LogP) is 4.02. The standard InChI is InChI=1S/C13H17N3O2S.C11H10N2/c1-8(2)16-19(17,18)12-7-11(14)13(15)10-6-4-3-5-9(10)12;12-10-6-7-11(13-8-10)9-4-2-1-3-5-9/h3-8,16H,14-15H2,1-2H3;1-8H,12H2. The first kappa shape index (κ1) is 23.1. The molecule has 1 heterocycles. The van der Waals surface area contributed by atoms with Crippen molar-refractivity contribution in [3.8, 4) is 11.3 Å². The molecule has 4 rings (SSSR count). The molecule has 0 fully saturated rings. The minimum absolute atomic E-state index is 0.156. The maximum atomic E-state index is 12.3. The summed E-state index contributed by atoms with van der Waals surface area (Å²) < 4.78 is 27.2. The van der Waals surface area contributed by atoms with Crippen LogP contribution in [0.1, 0.15) is 13.8 Å². The molecule has 166 valence electrons. The fraction of sp³-hybridized carbons (Fsp3) is 0.125. The molecule has 32 heavy (non-hydrogen) atoms. The number of nitrogen functional groups attached to an aromatic ring is 3. The van der Waals surface area contributed by atoms with Crippen molar-refractivity contribution in [3.63, 3.8) is 0 Å². The monoisotopic (exact) mass is 449 g/mol. The average Bonchev–Trinajstić information content (AvgIpc) is 2.77. The predicted molar refractivity (Wildman–Crippen MR) is 132 cm³/mol. The summed E-state index contributed by atoms with van der Waals surface area (Å²) in [6.45, 7) is 3.53. The van der Waals surface area contributed by atoms with Crippen molar-refractivity contribution >= 4 is 37.9 Å². The molecule has 0 bridgehead atoms. The van der Waals surface area contributed by atoms with Crippen LogP contribution in [0.2, 0.25) is 0 Å². The van der Waals surface area contributed by atoms with Crippen LogP contribution in [-0.4, -0.2) is 19.4 Å². The molecular weight excluding hydrogens is 422 g/mol. The van der Waals surface area contributed by atoms with Gasteiger partial charge in [0.05, 0.1) is 33.8 Å². The molecule has 0 saturated heterocycles. The molecule has 0 aliphatic rings. The van der Waals surface area contributed by atoms with Gasteiger partial charge < -0.3 is 17.2 Å². The molecule has 7 N–H and O–H groups in total. The second kappa shape index (κ2) is 9.67. The number of hydrogen-bond donors (Lipinski definition) is 4. The van der Waals surface area contributed by atoms with Crippen LogP contribution < -0.4 is 21.9 Å². The molecule has 0 aliphatic heterocycles. The van der Waals surface area contributed by atoms with E-state index in [1.54, 1.807) is 44.3 Å². The summed E-state index contributed by atoms with van der Waals surface area (Å²) in [5, 5.41) is 1.22. The average molecular weight is 450 g/mol. The minimum Gasteiger partial charge on any atom is -0.397 e. The summed E-state index contributed by atoms with van der Waals surface area (Å²) in [7, 11) is -3.61. The van der Waals surface area contributed by atoms with E-state index in [4.69, 9.17) is 17.2 Å². The highest BCUT2D eigenvalue weighted by Gasteiger charge is 2.20. The van der Waals surface area contributed by atoms with E-state index >= 15 is 0 Å². The lowest BCUT2D eigenvalue weighted by Crippen LogP contribution is -2.30. The fourth-order valence-corrected chi connectivity index (χ4v) is 4.66. The smallest absolute Gasteiger partial charge is 0.241 e. The molecule has 0 atom stereocenters. The second-order valence-corrected chi connectivity index (χ2v) is 9.22. The SMILES string of the molecule is CC(C)NS(=O)(=O)c1cc(N)c(N)c2ccccc12.Nc1ccc(-c2ccccc2)nc1. The maximum Gasteiger partial charge on any atom is 0.241 e. The molecule has 4 aromatic rings. The van der Waals surface area contributed by atoms with E-state index in [0.717, 1.165) is 11.3 Å². The zero-order chi connectivity index (χ0) is 23.3. The Morgan fingerprint density at radius 3 is 2.06 bits per heavy atom. The summed E-state index contributed by atoms with van der Waals surface area (Å²) in [4.78, 5) is 4.38. The van der Waals surface area contributed by atoms with Crippen molar-refractivity contribution in [1.82, 2.24) is 9.71 Å². The summed E-state index contributed by atoms with van der Waals surface area (Å²) >= 11 is 0. The number of sulfonamides is 1. The summed E-state index contributed by atoms with van der Waals surface area (Å²) in [5.41, 5.74) is 20.7. The van der Waals surface area contributed by atoms with E-state index in [1.165, 1.54) is 6.07 Å². The van der Waals surface area contributed by atoms with E-state index in [2.05, 4.69) is 9.71 Å². The van der Waals surface area contributed by atoms with Gasteiger partial charge >= 0.3 is 0 Å². The van der Waals surface area contributed by atoms with Gasteiger partial charge in [0.15, 0.2) is 0 Å². The number of benzene rings is 3. The molecule has 0 unspecified atom stereocenters. The van der Waals surface area contributed by atoms with E-state index in [0.29, 0.717) is 22.1 Å². The topological polar surface area (TPSA) is 137 Å². The van der Waals surface area contributed by atoms with Crippen LogP contribution in [0.3, 0.4) is 0 Å². The van der Waals surface area contributed by atoms with Crippen LogP contribution >= 0.6 is 0 Å². The van der Waals surface area contributed by atoms with E-state index in [1.807, 2.05) is 42.5 Å². The Hall–Kier alpha value is -3.62. The first-order valence-corrected chi connectivity index (χ1v) is 11.5. The van der Waals surface area contributed by atoms with E-state index in [9.17, 15) is 8.42 Å². The molecule has 1 aromatic heterocycles. The highest BCUT2D eigenvalue weighted by Crippen LogP contribution is 2.32. The van der Waals surface area contributed by atoms with Crippen LogP contribution in [0.4, 0.5) is 17.1 Å². The quantitative estimate of drug-likeness (QED) is 0.347. The number of nitrogens with zero attached hydrogens (tertiary/aromatic N) is 1. The van der Waals surface area contributed by atoms with Gasteiger partial charge in [-0.05, 0) is 32.0 Å². The lowest BCUT2D eigenvalue weighted by atomic mass is 10.1. The summed E-state index contributed by atoms with van der Waals surface area (Å²) in [6.07, 6.45) is 1.67. The van der Waals surface area contributed by atoms with E-state index < -0.39 is 10.0 Å². The van der Waals surface area contributed by atoms with Crippen LogP contribution in [0.25, 0.3) is 22.0 Å². The summed E-state index contributed by atoms with van der Waals surface area (Å²) in [5.74, 6) is 0. The van der Waals surface area contributed by atoms with Gasteiger partial charge in [-0.15, -0.1) is 0 Å². The fourth-order valence-electron chi connectivity index (χ4n) is 3.17. The number of hydrogen-bond acceptors (Lipinski definition) is 6. The molecule has 0 saturated carbocycles. The zero-order valence-electron chi connectivity index (χ0n) is 18.0. The minimum atomic E-state index is -3.61. The third kappa shape index (κ3) is 5.35. The van der Waals surface area contributed by atoms with Gasteiger partial charge in [-0.3, -0.25) is 4.98 Å². The van der Waals surface area contributed by atoms with E-state index in [-0.39, 0.29) is 16.6 Å². The Bertz CT molecular complexity index is 1310. The largest absolute Gasteiger partial charge is 0.397 e. The van der Waals surface area contributed by atoms with Crippen molar-refractivity contribution in [1.29, 1.82) is 0 Å². The van der Waals surface area contributed by atoms with Gasteiger partial charge in [0.1, 0.15) is 0 Å². The van der Waals surface area contributed by atoms with Crippen molar-refractivity contribution in [2.24, 2.45) is 0 Å². The number of fused-ring (bicyclic) bond motifs is 1. The van der Waals surface area contributed by atoms with Gasteiger partial charge in [0, 0.05) is 22.4 Å². The number of nitrogens with one attached hydrogen (secondary N) is 1. The van der Waals surface area contributed by atoms with Crippen molar-refractivity contribution in [2.45, 2.75) is 24.8 Å². The van der Waals surface area contributed by atoms with Crippen LogP contribution in [0.15, 0.2) is 83.9 Å². The highest BCUT2D eigenvalue weighted by molar-refractivity contribution is 7.89. The molecule has 8 heteroatoms. The third-order valence-electron chi connectivity index (χ3n) is 4.62. The van der Waals surface area contributed by atoms with Crippen LogP contribution in [-0.2, 0) is 10.0 Å². The lowest BCUT2D eigenvalue weighted by molar-refractivity contribution is 0.571. The number of nitrogens with two attached hydrogens (primary N) is 3. The number of rotatable bonds is 4. The van der Waals surface area contributed by atoms with Gasteiger partial charge in [0.2, 0.25) is 10.0 Å². The lowest BCUT2D eigenvalue weighted by Gasteiger charge is -2.14. The molecule has 7 nitrogen and oxygen atoms in total. The maximum absolute atomic E-state index is 12.3. The Kier molecular flexibility index (Phi) is 6.97. The van der Waals surface area contributed by atoms with Gasteiger partial charge in [0.25, 0.3) is 0 Å². The molecule has 0 spiro atoms. The number of anilines is 3. The van der Waals surface area contributed by atoms with Crippen molar-refractivity contribution in [2.75, 3.05) is 17.2 Å². The summed E-state index contributed by atoms with van der Waals surface area (Å²) in [6, 6.07) is 22.1. The number of aromatic nitrogens is 1. The highest BCUT2D eigenvalue weighted by atomic mass is 32.2. The van der Waals surface area contributed by atoms with Gasteiger partial charge in [-0.25, -0.2) is 13.1 Å². The molecule has 0 radical (unpaired) electrons. The Labute approximate surface area is 188 Å². The first-order valence-electron chi connectivity index (χ1n) is 10.0. The van der Waals surface area contributed by atoms with Gasteiger partial charge in [-0.2, -0.15) is 0 Å². The Morgan fingerprint density at radius 1 is 0.844 bits per heavy atom. The molecule has 3 aromatic carbocycles. The second-order valence-electron chi connectivity index (χ2n) is 7.54.